The summed E-state index contributed by atoms with van der Waals surface area (Å²) < 4.78 is 7.41. The first-order valence-electron chi connectivity index (χ1n) is 9.82. The van der Waals surface area contributed by atoms with Gasteiger partial charge in [-0.25, -0.2) is 4.98 Å². The predicted octanol–water partition coefficient (Wildman–Crippen LogP) is 2.58. The Bertz CT molecular complexity index is 914. The molecule has 0 saturated carbocycles. The van der Waals surface area contributed by atoms with Crippen LogP contribution in [0.5, 0.6) is 0 Å². The van der Waals surface area contributed by atoms with E-state index in [0.29, 0.717) is 19.5 Å². The zero-order valence-electron chi connectivity index (χ0n) is 16.0. The van der Waals surface area contributed by atoms with Crippen LogP contribution in [-0.2, 0) is 29.2 Å². The topological polar surface area (TPSA) is 59.4 Å². The molecular formula is C22H26N4O2. The molecule has 146 valence electrons. The van der Waals surface area contributed by atoms with Gasteiger partial charge in [-0.3, -0.25) is 9.69 Å². The fraction of sp³-hybridized carbons (Fsp3) is 0.364. The van der Waals surface area contributed by atoms with Crippen LogP contribution < -0.4 is 5.32 Å². The molecule has 1 aliphatic rings. The molecule has 1 fully saturated rings. The molecule has 0 bridgehead atoms. The zero-order chi connectivity index (χ0) is 19.2. The molecule has 1 N–H and O–H groups in total. The number of amides is 1. The molecule has 0 unspecified atom stereocenters. The number of aryl methyl sites for hydroxylation is 1. The van der Waals surface area contributed by atoms with Crippen LogP contribution >= 0.6 is 0 Å². The average Bonchev–Trinajstić information content (AvgIpc) is 3.16. The van der Waals surface area contributed by atoms with Crippen LogP contribution in [0.3, 0.4) is 0 Å². The van der Waals surface area contributed by atoms with Crippen LogP contribution in [0.4, 0.5) is 0 Å². The molecule has 0 spiro atoms. The lowest BCUT2D eigenvalue weighted by molar-refractivity contribution is -0.121. The Kier molecular flexibility index (Phi) is 5.99. The minimum atomic E-state index is 0.0511. The highest BCUT2D eigenvalue weighted by Crippen LogP contribution is 2.12. The van der Waals surface area contributed by atoms with Gasteiger partial charge in [-0.2, -0.15) is 0 Å². The first-order chi connectivity index (χ1) is 13.8. The molecular weight excluding hydrogens is 352 g/mol. The van der Waals surface area contributed by atoms with Gasteiger partial charge in [0.1, 0.15) is 0 Å². The molecule has 6 heteroatoms. The van der Waals surface area contributed by atoms with E-state index in [4.69, 9.17) is 4.74 Å². The van der Waals surface area contributed by atoms with E-state index in [2.05, 4.69) is 39.5 Å². The molecule has 1 saturated heterocycles. The van der Waals surface area contributed by atoms with Gasteiger partial charge in [0.15, 0.2) is 0 Å². The fourth-order valence-corrected chi connectivity index (χ4v) is 3.48. The molecule has 3 aromatic rings. The Labute approximate surface area is 165 Å². The maximum Gasteiger partial charge on any atom is 0.222 e. The number of rotatable bonds is 7. The van der Waals surface area contributed by atoms with Crippen molar-refractivity contribution in [2.45, 2.75) is 26.1 Å². The lowest BCUT2D eigenvalue weighted by Crippen LogP contribution is -2.35. The molecule has 1 aromatic heterocycles. The lowest BCUT2D eigenvalue weighted by atomic mass is 10.1. The van der Waals surface area contributed by atoms with E-state index >= 15 is 0 Å². The van der Waals surface area contributed by atoms with Crippen molar-refractivity contribution in [2.24, 2.45) is 0 Å². The van der Waals surface area contributed by atoms with Gasteiger partial charge in [0.25, 0.3) is 0 Å². The number of fused-ring (bicyclic) bond motifs is 1. The molecule has 2 heterocycles. The third-order valence-electron chi connectivity index (χ3n) is 5.13. The second-order valence-corrected chi connectivity index (χ2v) is 7.16. The molecule has 4 rings (SSSR count). The Balaban J connectivity index is 1.23. The minimum Gasteiger partial charge on any atom is -0.379 e. The number of morpholine rings is 1. The summed E-state index contributed by atoms with van der Waals surface area (Å²) in [6, 6.07) is 16.5. The summed E-state index contributed by atoms with van der Waals surface area (Å²) in [5, 5.41) is 3.01. The Morgan fingerprint density at radius 2 is 1.79 bits per heavy atom. The van der Waals surface area contributed by atoms with E-state index in [0.717, 1.165) is 49.4 Å². The van der Waals surface area contributed by atoms with E-state index in [-0.39, 0.29) is 5.91 Å². The summed E-state index contributed by atoms with van der Waals surface area (Å²) >= 11 is 0. The molecule has 2 aromatic carbocycles. The van der Waals surface area contributed by atoms with Gasteiger partial charge in [-0.1, -0.05) is 36.4 Å². The number of aromatic nitrogens is 2. The fourth-order valence-electron chi connectivity index (χ4n) is 3.48. The Hall–Kier alpha value is -2.70. The van der Waals surface area contributed by atoms with Crippen LogP contribution in [0.25, 0.3) is 11.0 Å². The van der Waals surface area contributed by atoms with E-state index in [1.165, 1.54) is 5.56 Å². The van der Waals surface area contributed by atoms with Crippen molar-refractivity contribution in [1.29, 1.82) is 0 Å². The minimum absolute atomic E-state index is 0.0511. The van der Waals surface area contributed by atoms with E-state index in [9.17, 15) is 4.79 Å². The number of imidazole rings is 1. The van der Waals surface area contributed by atoms with Crippen LogP contribution in [0.15, 0.2) is 54.9 Å². The summed E-state index contributed by atoms with van der Waals surface area (Å²) in [6.45, 7) is 5.76. The van der Waals surface area contributed by atoms with Gasteiger partial charge in [-0.15, -0.1) is 0 Å². The monoisotopic (exact) mass is 378 g/mol. The third-order valence-corrected chi connectivity index (χ3v) is 5.13. The number of hydrogen-bond donors (Lipinski definition) is 1. The van der Waals surface area contributed by atoms with Crippen molar-refractivity contribution in [1.82, 2.24) is 19.8 Å². The van der Waals surface area contributed by atoms with Gasteiger partial charge in [0, 0.05) is 39.1 Å². The van der Waals surface area contributed by atoms with Crippen LogP contribution in [-0.4, -0.2) is 46.7 Å². The van der Waals surface area contributed by atoms with Crippen molar-refractivity contribution in [2.75, 3.05) is 26.3 Å². The van der Waals surface area contributed by atoms with Gasteiger partial charge in [-0.05, 0) is 23.3 Å². The number of nitrogens with one attached hydrogen (secondary N) is 1. The highest BCUT2D eigenvalue weighted by atomic mass is 16.5. The molecule has 0 radical (unpaired) electrons. The highest BCUT2D eigenvalue weighted by molar-refractivity contribution is 5.77. The van der Waals surface area contributed by atoms with E-state index in [1.807, 2.05) is 28.8 Å². The van der Waals surface area contributed by atoms with Crippen LogP contribution in [0.1, 0.15) is 17.5 Å². The second kappa shape index (κ2) is 8.99. The maximum absolute atomic E-state index is 12.2. The largest absolute Gasteiger partial charge is 0.379 e. The maximum atomic E-state index is 12.2. The van der Waals surface area contributed by atoms with Gasteiger partial charge in [0.2, 0.25) is 5.91 Å². The number of benzene rings is 2. The number of para-hydroxylation sites is 2. The molecule has 1 amide bonds. The van der Waals surface area contributed by atoms with Crippen molar-refractivity contribution in [3.8, 4) is 0 Å². The van der Waals surface area contributed by atoms with Crippen LogP contribution in [0, 0.1) is 0 Å². The Morgan fingerprint density at radius 3 is 2.61 bits per heavy atom. The van der Waals surface area contributed by atoms with Crippen molar-refractivity contribution in [3.63, 3.8) is 0 Å². The summed E-state index contributed by atoms with van der Waals surface area (Å²) in [4.78, 5) is 19.0. The quantitative estimate of drug-likeness (QED) is 0.687. The summed E-state index contributed by atoms with van der Waals surface area (Å²) in [7, 11) is 0. The standard InChI is InChI=1S/C22H26N4O2/c27-22(9-10-26-17-24-20-3-1-2-4-21(20)26)23-15-18-5-7-19(8-6-18)16-25-11-13-28-14-12-25/h1-8,17H,9-16H2,(H,23,27). The smallest absolute Gasteiger partial charge is 0.222 e. The van der Waals surface area contributed by atoms with E-state index < -0.39 is 0 Å². The second-order valence-electron chi connectivity index (χ2n) is 7.16. The van der Waals surface area contributed by atoms with Crippen LogP contribution in [0.2, 0.25) is 0 Å². The summed E-state index contributed by atoms with van der Waals surface area (Å²) in [5.74, 6) is 0.0511. The van der Waals surface area contributed by atoms with E-state index in [1.54, 1.807) is 6.33 Å². The number of hydrogen-bond acceptors (Lipinski definition) is 4. The predicted molar refractivity (Wildman–Crippen MR) is 109 cm³/mol. The van der Waals surface area contributed by atoms with Crippen molar-refractivity contribution < 1.29 is 9.53 Å². The van der Waals surface area contributed by atoms with Gasteiger partial charge in [0.05, 0.1) is 30.6 Å². The summed E-state index contributed by atoms with van der Waals surface area (Å²) in [6.07, 6.45) is 2.24. The molecule has 0 aliphatic carbocycles. The SMILES string of the molecule is O=C(CCn1cnc2ccccc21)NCc1ccc(CN2CCOCC2)cc1. The number of carbonyl (C=O) groups excluding carboxylic acids is 1. The normalized spacial score (nSPS) is 15.0. The highest BCUT2D eigenvalue weighted by Gasteiger charge is 2.10. The number of nitrogens with zero attached hydrogens (tertiary/aromatic N) is 3. The molecule has 0 atom stereocenters. The third kappa shape index (κ3) is 4.77. The zero-order valence-corrected chi connectivity index (χ0v) is 16.0. The van der Waals surface area contributed by atoms with Crippen molar-refractivity contribution in [3.05, 3.63) is 66.0 Å². The Morgan fingerprint density at radius 1 is 1.04 bits per heavy atom. The van der Waals surface area contributed by atoms with Gasteiger partial charge < -0.3 is 14.6 Å². The first-order valence-corrected chi connectivity index (χ1v) is 9.82. The average molecular weight is 378 g/mol. The number of carbonyl (C=O) groups is 1. The molecule has 1 aliphatic heterocycles. The first kappa shape index (κ1) is 18.7. The summed E-state index contributed by atoms with van der Waals surface area (Å²) in [5.41, 5.74) is 4.43. The van der Waals surface area contributed by atoms with Gasteiger partial charge >= 0.3 is 0 Å². The molecule has 28 heavy (non-hydrogen) atoms. The van der Waals surface area contributed by atoms with Crippen molar-refractivity contribution >= 4 is 16.9 Å². The molecule has 6 nitrogen and oxygen atoms in total. The number of ether oxygens (including phenoxy) is 1. The lowest BCUT2D eigenvalue weighted by Gasteiger charge is -2.26.